The van der Waals surface area contributed by atoms with E-state index in [2.05, 4.69) is 21.8 Å². The van der Waals surface area contributed by atoms with E-state index < -0.39 is 0 Å². The number of para-hydroxylation sites is 2. The second kappa shape index (κ2) is 8.93. The lowest BCUT2D eigenvalue weighted by molar-refractivity contribution is -0.118. The number of hydrogen-bond donors (Lipinski definition) is 1. The van der Waals surface area contributed by atoms with Gasteiger partial charge >= 0.3 is 0 Å². The summed E-state index contributed by atoms with van der Waals surface area (Å²) in [6.07, 6.45) is 0. The number of aryl methyl sites for hydroxylation is 1. The zero-order chi connectivity index (χ0) is 20.1. The fraction of sp³-hybridized carbons (Fsp3) is 0.286. The minimum atomic E-state index is -0.0480. The van der Waals surface area contributed by atoms with Crippen molar-refractivity contribution >= 4 is 34.6 Å². The predicted octanol–water partition coefficient (Wildman–Crippen LogP) is 3.17. The van der Waals surface area contributed by atoms with Crippen molar-refractivity contribution in [3.8, 4) is 0 Å². The van der Waals surface area contributed by atoms with Gasteiger partial charge in [-0.1, -0.05) is 36.0 Å². The van der Waals surface area contributed by atoms with Crippen LogP contribution in [0, 0.1) is 0 Å². The highest BCUT2D eigenvalue weighted by Crippen LogP contribution is 2.23. The average molecular weight is 397 g/mol. The molecule has 3 aromatic rings. The average Bonchev–Trinajstić information content (AvgIpc) is 3.08. The van der Waals surface area contributed by atoms with Crippen LogP contribution in [0.25, 0.3) is 11.0 Å². The number of carbonyl (C=O) groups excluding carboxylic acids is 2. The predicted molar refractivity (Wildman–Crippen MR) is 112 cm³/mol. The molecule has 0 saturated heterocycles. The molecule has 146 valence electrons. The number of hydrogen-bond acceptors (Lipinski definition) is 4. The Morgan fingerprint density at radius 2 is 1.82 bits per heavy atom. The van der Waals surface area contributed by atoms with Crippen LogP contribution in [0.15, 0.2) is 53.7 Å². The van der Waals surface area contributed by atoms with Crippen LogP contribution in [-0.4, -0.2) is 46.1 Å². The molecule has 0 spiro atoms. The van der Waals surface area contributed by atoms with Gasteiger partial charge in [-0.3, -0.25) is 9.59 Å². The van der Waals surface area contributed by atoms with Crippen molar-refractivity contribution in [2.75, 3.05) is 19.8 Å². The maximum Gasteiger partial charge on any atom is 0.253 e. The van der Waals surface area contributed by atoms with Crippen LogP contribution in [0.2, 0.25) is 0 Å². The normalized spacial score (nSPS) is 10.8. The van der Waals surface area contributed by atoms with Crippen molar-refractivity contribution < 1.29 is 9.59 Å². The minimum Gasteiger partial charge on any atom is -0.351 e. The Hall–Kier alpha value is -2.80. The Morgan fingerprint density at radius 3 is 2.50 bits per heavy atom. The number of aromatic nitrogens is 2. The zero-order valence-electron chi connectivity index (χ0n) is 16.3. The summed E-state index contributed by atoms with van der Waals surface area (Å²) in [4.78, 5) is 30.3. The minimum absolute atomic E-state index is 0.0363. The lowest BCUT2D eigenvalue weighted by atomic mass is 10.1. The Labute approximate surface area is 168 Å². The molecule has 0 fully saturated rings. The summed E-state index contributed by atoms with van der Waals surface area (Å²) in [6, 6.07) is 15.3. The number of carbonyl (C=O) groups is 2. The van der Waals surface area contributed by atoms with Crippen molar-refractivity contribution in [3.05, 3.63) is 59.7 Å². The van der Waals surface area contributed by atoms with Crippen molar-refractivity contribution in [1.82, 2.24) is 19.8 Å². The summed E-state index contributed by atoms with van der Waals surface area (Å²) in [5.41, 5.74) is 3.61. The van der Waals surface area contributed by atoms with Crippen molar-refractivity contribution in [3.63, 3.8) is 0 Å². The molecule has 1 heterocycles. The highest BCUT2D eigenvalue weighted by atomic mass is 32.2. The largest absolute Gasteiger partial charge is 0.351 e. The standard InChI is InChI=1S/C21H24N4O2S/c1-4-25-18-8-6-5-7-17(18)23-21(25)28-14-19(26)22-13-15-9-11-16(12-10-15)20(27)24(2)3/h5-12H,4,13-14H2,1-3H3,(H,22,26). The van der Waals surface area contributed by atoms with E-state index >= 15 is 0 Å². The molecule has 2 amide bonds. The molecule has 1 aromatic heterocycles. The fourth-order valence-corrected chi connectivity index (χ4v) is 3.78. The number of amides is 2. The second-order valence-electron chi connectivity index (χ2n) is 6.59. The van der Waals surface area contributed by atoms with E-state index in [9.17, 15) is 9.59 Å². The summed E-state index contributed by atoms with van der Waals surface area (Å²) < 4.78 is 2.12. The van der Waals surface area contributed by atoms with Gasteiger partial charge in [-0.2, -0.15) is 0 Å². The molecule has 0 aliphatic carbocycles. The monoisotopic (exact) mass is 396 g/mol. The summed E-state index contributed by atoms with van der Waals surface area (Å²) in [5.74, 6) is 0.222. The van der Waals surface area contributed by atoms with Gasteiger partial charge in [0.2, 0.25) is 5.91 Å². The summed E-state index contributed by atoms with van der Waals surface area (Å²) in [7, 11) is 3.45. The molecule has 7 heteroatoms. The lowest BCUT2D eigenvalue weighted by Crippen LogP contribution is -2.25. The van der Waals surface area contributed by atoms with Crippen LogP contribution in [0.3, 0.4) is 0 Å². The van der Waals surface area contributed by atoms with Crippen LogP contribution in [0.1, 0.15) is 22.8 Å². The smallest absolute Gasteiger partial charge is 0.253 e. The van der Waals surface area contributed by atoms with Crippen LogP contribution in [0.4, 0.5) is 0 Å². The Kier molecular flexibility index (Phi) is 6.36. The highest BCUT2D eigenvalue weighted by Gasteiger charge is 2.12. The molecule has 3 rings (SSSR count). The van der Waals surface area contributed by atoms with Gasteiger partial charge in [-0.05, 0) is 36.8 Å². The van der Waals surface area contributed by atoms with Crippen LogP contribution in [0.5, 0.6) is 0 Å². The molecule has 0 saturated carbocycles. The molecular weight excluding hydrogens is 372 g/mol. The number of nitrogens with one attached hydrogen (secondary N) is 1. The number of thioether (sulfide) groups is 1. The summed E-state index contributed by atoms with van der Waals surface area (Å²) in [6.45, 7) is 3.31. The first kappa shape index (κ1) is 19.9. The zero-order valence-corrected chi connectivity index (χ0v) is 17.1. The van der Waals surface area contributed by atoms with Crippen LogP contribution in [-0.2, 0) is 17.9 Å². The number of imidazole rings is 1. The maximum atomic E-state index is 12.2. The Morgan fingerprint density at radius 1 is 1.11 bits per heavy atom. The summed E-state index contributed by atoms with van der Waals surface area (Å²) in [5, 5.41) is 3.77. The molecule has 2 aromatic carbocycles. The van der Waals surface area contributed by atoms with E-state index in [-0.39, 0.29) is 11.8 Å². The molecule has 1 N–H and O–H groups in total. The number of benzene rings is 2. The van der Waals surface area contributed by atoms with Gasteiger partial charge in [0, 0.05) is 32.7 Å². The van der Waals surface area contributed by atoms with E-state index in [0.29, 0.717) is 17.9 Å². The molecule has 0 atom stereocenters. The van der Waals surface area contributed by atoms with Gasteiger partial charge in [0.05, 0.1) is 16.8 Å². The van der Waals surface area contributed by atoms with Gasteiger partial charge in [0.25, 0.3) is 5.91 Å². The molecule has 28 heavy (non-hydrogen) atoms. The van der Waals surface area contributed by atoms with Gasteiger partial charge in [0.15, 0.2) is 5.16 Å². The van der Waals surface area contributed by atoms with Gasteiger partial charge in [-0.25, -0.2) is 4.98 Å². The Bertz CT molecular complexity index is 980. The van der Waals surface area contributed by atoms with Gasteiger partial charge in [0.1, 0.15) is 0 Å². The van der Waals surface area contributed by atoms with Crippen molar-refractivity contribution in [1.29, 1.82) is 0 Å². The lowest BCUT2D eigenvalue weighted by Gasteiger charge is -2.11. The molecule has 6 nitrogen and oxygen atoms in total. The first-order chi connectivity index (χ1) is 13.5. The molecule has 0 aliphatic rings. The van der Waals surface area contributed by atoms with Crippen LogP contribution >= 0.6 is 11.8 Å². The van der Waals surface area contributed by atoms with Gasteiger partial charge in [-0.15, -0.1) is 0 Å². The van der Waals surface area contributed by atoms with E-state index in [1.54, 1.807) is 26.2 Å². The maximum absolute atomic E-state index is 12.2. The Balaban J connectivity index is 1.54. The topological polar surface area (TPSA) is 67.2 Å². The third-order valence-electron chi connectivity index (χ3n) is 4.36. The van der Waals surface area contributed by atoms with Gasteiger partial charge < -0.3 is 14.8 Å². The summed E-state index contributed by atoms with van der Waals surface area (Å²) >= 11 is 1.44. The molecule has 0 aliphatic heterocycles. The first-order valence-electron chi connectivity index (χ1n) is 9.15. The molecule has 0 radical (unpaired) electrons. The van der Waals surface area contributed by atoms with E-state index in [1.807, 2.05) is 36.4 Å². The van der Waals surface area contributed by atoms with E-state index in [4.69, 9.17) is 0 Å². The number of nitrogens with zero attached hydrogens (tertiary/aromatic N) is 3. The fourth-order valence-electron chi connectivity index (χ4n) is 2.87. The van der Waals surface area contributed by atoms with E-state index in [0.717, 1.165) is 28.3 Å². The third kappa shape index (κ3) is 4.54. The van der Waals surface area contributed by atoms with Crippen molar-refractivity contribution in [2.45, 2.75) is 25.2 Å². The highest BCUT2D eigenvalue weighted by molar-refractivity contribution is 7.99. The first-order valence-corrected chi connectivity index (χ1v) is 10.1. The van der Waals surface area contributed by atoms with Crippen LogP contribution < -0.4 is 5.32 Å². The third-order valence-corrected chi connectivity index (χ3v) is 5.34. The molecular formula is C21H24N4O2S. The molecule has 0 bridgehead atoms. The number of rotatable bonds is 7. The number of fused-ring (bicyclic) bond motifs is 1. The molecule has 0 unspecified atom stereocenters. The quantitative estimate of drug-likeness (QED) is 0.623. The SMILES string of the molecule is CCn1c(SCC(=O)NCc2ccc(C(=O)N(C)C)cc2)nc2ccccc21. The van der Waals surface area contributed by atoms with E-state index in [1.165, 1.54) is 16.7 Å². The van der Waals surface area contributed by atoms with Crippen molar-refractivity contribution in [2.24, 2.45) is 0 Å². The second-order valence-corrected chi connectivity index (χ2v) is 7.53.